The maximum atomic E-state index is 6.12. The molecule has 0 saturated heterocycles. The van der Waals surface area contributed by atoms with E-state index in [1.807, 2.05) is 24.4 Å². The van der Waals surface area contributed by atoms with Crippen LogP contribution in [0.15, 0.2) is 29.6 Å². The van der Waals surface area contributed by atoms with Crippen molar-refractivity contribution in [1.82, 2.24) is 15.2 Å². The van der Waals surface area contributed by atoms with Gasteiger partial charge in [0.1, 0.15) is 5.82 Å². The molecule has 2 heterocycles. The monoisotopic (exact) mass is 318 g/mol. The number of anilines is 1. The molecule has 0 aliphatic heterocycles. The van der Waals surface area contributed by atoms with Gasteiger partial charge in [-0.1, -0.05) is 23.7 Å². The van der Waals surface area contributed by atoms with E-state index in [4.69, 9.17) is 11.6 Å². The van der Waals surface area contributed by atoms with Crippen LogP contribution in [0, 0.1) is 13.8 Å². The second-order valence-electron chi connectivity index (χ2n) is 4.82. The number of hydrogen-bond acceptors (Lipinski definition) is 4. The summed E-state index contributed by atoms with van der Waals surface area (Å²) in [6.45, 7) is 4.68. The van der Waals surface area contributed by atoms with Crippen molar-refractivity contribution in [2.24, 2.45) is 0 Å². The summed E-state index contributed by atoms with van der Waals surface area (Å²) < 4.78 is 0. The van der Waals surface area contributed by atoms with E-state index in [-0.39, 0.29) is 0 Å². The number of nitrogens with zero attached hydrogens (tertiary/aromatic N) is 2. The summed E-state index contributed by atoms with van der Waals surface area (Å²) in [5, 5.41) is 13.3. The molecule has 2 aromatic heterocycles. The zero-order valence-corrected chi connectivity index (χ0v) is 13.3. The molecular formula is C15H15ClN4S. The number of aromatic amines is 1. The van der Waals surface area contributed by atoms with Crippen molar-refractivity contribution in [2.75, 3.05) is 5.32 Å². The molecule has 0 bridgehead atoms. The van der Waals surface area contributed by atoms with E-state index < -0.39 is 0 Å². The van der Waals surface area contributed by atoms with Gasteiger partial charge in [-0.05, 0) is 36.9 Å². The Hall–Kier alpha value is -1.85. The normalized spacial score (nSPS) is 10.8. The quantitative estimate of drug-likeness (QED) is 0.749. The molecule has 0 amide bonds. The van der Waals surface area contributed by atoms with E-state index >= 15 is 0 Å². The van der Waals surface area contributed by atoms with Crippen molar-refractivity contribution < 1.29 is 0 Å². The molecule has 0 radical (unpaired) electrons. The third-order valence-electron chi connectivity index (χ3n) is 3.22. The van der Waals surface area contributed by atoms with Gasteiger partial charge in [-0.25, -0.2) is 4.98 Å². The third-order valence-corrected chi connectivity index (χ3v) is 4.61. The molecular weight excluding hydrogens is 304 g/mol. The lowest BCUT2D eigenvalue weighted by Crippen LogP contribution is -2.00. The van der Waals surface area contributed by atoms with Crippen LogP contribution in [0.1, 0.15) is 16.3 Å². The summed E-state index contributed by atoms with van der Waals surface area (Å²) in [6, 6.07) is 8.09. The van der Waals surface area contributed by atoms with Gasteiger partial charge in [-0.3, -0.25) is 5.10 Å². The first-order chi connectivity index (χ1) is 10.1. The molecule has 0 aliphatic carbocycles. The molecule has 2 N–H and O–H groups in total. The van der Waals surface area contributed by atoms with Crippen LogP contribution in [0.2, 0.25) is 5.02 Å². The Labute approximate surface area is 132 Å². The molecule has 6 heteroatoms. The van der Waals surface area contributed by atoms with E-state index in [1.54, 1.807) is 11.3 Å². The predicted octanol–water partition coefficient (Wildman–Crippen LogP) is 4.42. The van der Waals surface area contributed by atoms with Gasteiger partial charge in [0.05, 0.1) is 11.6 Å². The average Bonchev–Trinajstić information content (AvgIpc) is 3.07. The molecule has 0 aliphatic rings. The van der Waals surface area contributed by atoms with Crippen molar-refractivity contribution >= 4 is 28.6 Å². The van der Waals surface area contributed by atoms with Crippen LogP contribution in [0.4, 0.5) is 5.69 Å². The fourth-order valence-corrected chi connectivity index (χ4v) is 3.09. The van der Waals surface area contributed by atoms with Crippen molar-refractivity contribution in [3.8, 4) is 11.4 Å². The van der Waals surface area contributed by atoms with Gasteiger partial charge in [-0.2, -0.15) is 5.10 Å². The smallest absolute Gasteiger partial charge is 0.181 e. The number of aromatic nitrogens is 3. The first kappa shape index (κ1) is 14.1. The Morgan fingerprint density at radius 1 is 1.29 bits per heavy atom. The van der Waals surface area contributed by atoms with Crippen LogP contribution in [0.3, 0.4) is 0 Å². The minimum Gasteiger partial charge on any atom is -0.380 e. The van der Waals surface area contributed by atoms with Crippen molar-refractivity contribution in [2.45, 2.75) is 20.4 Å². The molecule has 0 atom stereocenters. The molecule has 0 fully saturated rings. The van der Waals surface area contributed by atoms with Gasteiger partial charge in [0.2, 0.25) is 0 Å². The van der Waals surface area contributed by atoms with Crippen LogP contribution in [0.25, 0.3) is 11.4 Å². The Kier molecular flexibility index (Phi) is 3.94. The van der Waals surface area contributed by atoms with Crippen LogP contribution < -0.4 is 5.32 Å². The lowest BCUT2D eigenvalue weighted by molar-refractivity contribution is 1.04. The van der Waals surface area contributed by atoms with Gasteiger partial charge in [0.15, 0.2) is 5.82 Å². The van der Waals surface area contributed by atoms with Crippen LogP contribution in [0.5, 0.6) is 0 Å². The summed E-state index contributed by atoms with van der Waals surface area (Å²) in [6.07, 6.45) is 0. The summed E-state index contributed by atoms with van der Waals surface area (Å²) >= 11 is 7.78. The number of thiophene rings is 1. The zero-order chi connectivity index (χ0) is 14.8. The highest BCUT2D eigenvalue weighted by Crippen LogP contribution is 2.26. The zero-order valence-electron chi connectivity index (χ0n) is 11.8. The van der Waals surface area contributed by atoms with Gasteiger partial charge in [0, 0.05) is 16.1 Å². The van der Waals surface area contributed by atoms with Gasteiger partial charge < -0.3 is 5.32 Å². The Morgan fingerprint density at radius 3 is 2.81 bits per heavy atom. The Balaban J connectivity index is 1.83. The highest BCUT2D eigenvalue weighted by Gasteiger charge is 2.08. The van der Waals surface area contributed by atoms with Gasteiger partial charge in [0.25, 0.3) is 0 Å². The van der Waals surface area contributed by atoms with E-state index in [0.717, 1.165) is 27.0 Å². The van der Waals surface area contributed by atoms with E-state index in [1.165, 1.54) is 5.56 Å². The largest absolute Gasteiger partial charge is 0.380 e. The number of hydrogen-bond donors (Lipinski definition) is 2. The number of aryl methyl sites for hydroxylation is 2. The predicted molar refractivity (Wildman–Crippen MR) is 87.9 cm³/mol. The summed E-state index contributed by atoms with van der Waals surface area (Å²) in [4.78, 5) is 5.50. The van der Waals surface area contributed by atoms with Crippen molar-refractivity contribution in [3.05, 3.63) is 50.9 Å². The molecule has 1 aromatic carbocycles. The van der Waals surface area contributed by atoms with E-state index in [9.17, 15) is 0 Å². The molecule has 3 aromatic rings. The number of rotatable bonds is 4. The average molecular weight is 319 g/mol. The molecule has 0 saturated carbocycles. The highest BCUT2D eigenvalue weighted by molar-refractivity contribution is 7.10. The first-order valence-electron chi connectivity index (χ1n) is 6.59. The second kappa shape index (κ2) is 5.87. The van der Waals surface area contributed by atoms with Crippen LogP contribution in [-0.4, -0.2) is 15.2 Å². The highest BCUT2D eigenvalue weighted by atomic mass is 35.5. The SMILES string of the molecule is Cc1nc(-c2ccc(C)c(NCc3sccc3Cl)c2)n[nH]1. The summed E-state index contributed by atoms with van der Waals surface area (Å²) in [7, 11) is 0. The lowest BCUT2D eigenvalue weighted by Gasteiger charge is -2.10. The van der Waals surface area contributed by atoms with E-state index in [2.05, 4.69) is 39.6 Å². The lowest BCUT2D eigenvalue weighted by atomic mass is 10.1. The minimum atomic E-state index is 0.713. The molecule has 21 heavy (non-hydrogen) atoms. The fraction of sp³-hybridized carbons (Fsp3) is 0.200. The van der Waals surface area contributed by atoms with E-state index in [0.29, 0.717) is 12.4 Å². The number of nitrogens with one attached hydrogen (secondary N) is 2. The maximum Gasteiger partial charge on any atom is 0.181 e. The third kappa shape index (κ3) is 3.09. The molecule has 4 nitrogen and oxygen atoms in total. The van der Waals surface area contributed by atoms with Gasteiger partial charge in [-0.15, -0.1) is 11.3 Å². The second-order valence-corrected chi connectivity index (χ2v) is 6.23. The van der Waals surface area contributed by atoms with Crippen LogP contribution in [-0.2, 0) is 6.54 Å². The number of benzene rings is 1. The summed E-state index contributed by atoms with van der Waals surface area (Å²) in [5.74, 6) is 1.52. The minimum absolute atomic E-state index is 0.713. The van der Waals surface area contributed by atoms with Crippen LogP contribution >= 0.6 is 22.9 Å². The Morgan fingerprint density at radius 2 is 2.14 bits per heavy atom. The van der Waals surface area contributed by atoms with Gasteiger partial charge >= 0.3 is 0 Å². The van der Waals surface area contributed by atoms with Crippen molar-refractivity contribution in [1.29, 1.82) is 0 Å². The molecule has 0 unspecified atom stereocenters. The Bertz CT molecular complexity index is 763. The molecule has 0 spiro atoms. The number of halogens is 1. The van der Waals surface area contributed by atoms with Crippen molar-refractivity contribution in [3.63, 3.8) is 0 Å². The summed E-state index contributed by atoms with van der Waals surface area (Å²) in [5.41, 5.74) is 3.24. The first-order valence-corrected chi connectivity index (χ1v) is 7.85. The molecule has 3 rings (SSSR count). The number of H-pyrrole nitrogens is 1. The standard InChI is InChI=1S/C15H15ClN4S/c1-9-3-4-11(15-18-10(2)19-20-15)7-13(9)17-8-14-12(16)5-6-21-14/h3-7,17H,8H2,1-2H3,(H,18,19,20). The molecule has 108 valence electrons. The fourth-order valence-electron chi connectivity index (χ4n) is 2.05. The maximum absolute atomic E-state index is 6.12. The topological polar surface area (TPSA) is 53.6 Å².